The number of hydrogen-bond acceptors (Lipinski definition) is 2. The van der Waals surface area contributed by atoms with Gasteiger partial charge in [-0.15, -0.1) is 0 Å². The second-order valence-corrected chi connectivity index (χ2v) is 10.7. The molecule has 2 heteroatoms. The highest BCUT2D eigenvalue weighted by atomic mass is 16.3. The van der Waals surface area contributed by atoms with Crippen molar-refractivity contribution in [2.24, 2.45) is 5.41 Å². The molecule has 0 N–H and O–H groups in total. The summed E-state index contributed by atoms with van der Waals surface area (Å²) in [6.07, 6.45) is 2.87. The van der Waals surface area contributed by atoms with Crippen molar-refractivity contribution < 1.29 is 4.42 Å². The van der Waals surface area contributed by atoms with E-state index in [4.69, 9.17) is 9.40 Å². The average molecular weight is 406 g/mol. The van der Waals surface area contributed by atoms with Crippen LogP contribution in [-0.4, -0.2) is 4.98 Å². The lowest BCUT2D eigenvalue weighted by Gasteiger charge is -2.29. The van der Waals surface area contributed by atoms with Gasteiger partial charge in [-0.3, -0.25) is 4.98 Å². The van der Waals surface area contributed by atoms with E-state index in [1.807, 2.05) is 12.3 Å². The topological polar surface area (TPSA) is 26.0 Å². The summed E-state index contributed by atoms with van der Waals surface area (Å²) in [5.74, 6) is 0. The Morgan fingerprint density at radius 1 is 0.871 bits per heavy atom. The molecular weight excluding hydrogens is 378 g/mol. The lowest BCUT2D eigenvalue weighted by molar-refractivity contribution is 0.410. The third kappa shape index (κ3) is 2.61. The van der Waals surface area contributed by atoms with E-state index in [9.17, 15) is 0 Å². The van der Waals surface area contributed by atoms with E-state index >= 15 is 0 Å². The van der Waals surface area contributed by atoms with E-state index < -0.39 is 0 Å². The lowest BCUT2D eigenvalue weighted by atomic mass is 9.74. The van der Waals surface area contributed by atoms with Crippen molar-refractivity contribution >= 4 is 32.7 Å². The van der Waals surface area contributed by atoms with Crippen molar-refractivity contribution in [1.82, 2.24) is 4.98 Å². The van der Waals surface area contributed by atoms with Gasteiger partial charge in [-0.25, -0.2) is 0 Å². The van der Waals surface area contributed by atoms with Gasteiger partial charge >= 0.3 is 0 Å². The summed E-state index contributed by atoms with van der Waals surface area (Å²) in [5.41, 5.74) is 8.15. The SMILES string of the molecule is CC(C)(C)Cc1ccc2c3c1oc1ccnc(c13)-c1cc3ccccc3cc1C2(C)C. The Hall–Kier alpha value is -3.13. The summed E-state index contributed by atoms with van der Waals surface area (Å²) < 4.78 is 6.54. The summed E-state index contributed by atoms with van der Waals surface area (Å²) in [7, 11) is 0. The molecule has 1 aliphatic carbocycles. The largest absolute Gasteiger partial charge is 0.456 e. The molecule has 6 rings (SSSR count). The van der Waals surface area contributed by atoms with Gasteiger partial charge in [-0.05, 0) is 57.5 Å². The number of benzene rings is 3. The maximum Gasteiger partial charge on any atom is 0.139 e. The molecule has 3 aromatic carbocycles. The normalized spacial score (nSPS) is 15.0. The van der Waals surface area contributed by atoms with Crippen molar-refractivity contribution in [2.45, 2.75) is 46.5 Å². The first-order valence-corrected chi connectivity index (χ1v) is 11.1. The Morgan fingerprint density at radius 3 is 2.35 bits per heavy atom. The van der Waals surface area contributed by atoms with Crippen LogP contribution in [0.25, 0.3) is 44.0 Å². The molecule has 0 bridgehead atoms. The van der Waals surface area contributed by atoms with Crippen LogP contribution in [0.2, 0.25) is 0 Å². The Balaban J connectivity index is 1.80. The van der Waals surface area contributed by atoms with Crippen molar-refractivity contribution in [3.05, 3.63) is 77.5 Å². The van der Waals surface area contributed by atoms with Gasteiger partial charge in [0.25, 0.3) is 0 Å². The number of fused-ring (bicyclic) bond motifs is 3. The van der Waals surface area contributed by atoms with Crippen molar-refractivity contribution in [1.29, 1.82) is 0 Å². The van der Waals surface area contributed by atoms with Crippen LogP contribution in [0.4, 0.5) is 0 Å². The average Bonchev–Trinajstić information content (AvgIpc) is 3.08. The zero-order valence-electron chi connectivity index (χ0n) is 18.8. The summed E-state index contributed by atoms with van der Waals surface area (Å²) >= 11 is 0. The van der Waals surface area contributed by atoms with E-state index in [0.717, 1.165) is 28.7 Å². The number of hydrogen-bond donors (Lipinski definition) is 0. The molecule has 0 radical (unpaired) electrons. The second kappa shape index (κ2) is 5.97. The van der Waals surface area contributed by atoms with E-state index in [1.54, 1.807) is 0 Å². The minimum absolute atomic E-state index is 0.171. The van der Waals surface area contributed by atoms with Crippen LogP contribution in [0.5, 0.6) is 0 Å². The Morgan fingerprint density at radius 2 is 1.61 bits per heavy atom. The van der Waals surface area contributed by atoms with Crippen LogP contribution in [0.15, 0.2) is 65.2 Å². The predicted molar refractivity (Wildman–Crippen MR) is 130 cm³/mol. The number of rotatable bonds is 1. The smallest absolute Gasteiger partial charge is 0.139 e. The predicted octanol–water partition coefficient (Wildman–Crippen LogP) is 8.03. The third-order valence-electron chi connectivity index (χ3n) is 6.82. The first-order valence-electron chi connectivity index (χ1n) is 11.1. The van der Waals surface area contributed by atoms with Gasteiger partial charge in [0.1, 0.15) is 11.2 Å². The number of pyridine rings is 1. The lowest BCUT2D eigenvalue weighted by Crippen LogP contribution is -2.20. The molecule has 31 heavy (non-hydrogen) atoms. The second-order valence-electron chi connectivity index (χ2n) is 10.7. The molecule has 0 amide bonds. The standard InChI is InChI=1S/C29H27NO/c1-28(2,3)16-19-10-11-21-24-25-23(31-27(19)24)12-13-30-26(25)20-14-17-8-6-7-9-18(17)15-22(20)29(21,4)5/h6-15H,16H2,1-5H3. The molecule has 0 saturated heterocycles. The Labute approximate surface area is 182 Å². The van der Waals surface area contributed by atoms with Gasteiger partial charge in [-0.2, -0.15) is 0 Å². The van der Waals surface area contributed by atoms with E-state index in [-0.39, 0.29) is 10.8 Å². The highest BCUT2D eigenvalue weighted by Crippen LogP contribution is 2.50. The van der Waals surface area contributed by atoms with Crippen LogP contribution < -0.4 is 0 Å². The van der Waals surface area contributed by atoms with Crippen LogP contribution in [-0.2, 0) is 11.8 Å². The molecule has 154 valence electrons. The zero-order chi connectivity index (χ0) is 21.5. The molecule has 0 fully saturated rings. The third-order valence-corrected chi connectivity index (χ3v) is 6.82. The fourth-order valence-corrected chi connectivity index (χ4v) is 5.41. The van der Waals surface area contributed by atoms with Gasteiger partial charge < -0.3 is 4.42 Å². The highest BCUT2D eigenvalue weighted by molar-refractivity contribution is 6.16. The summed E-state index contributed by atoms with van der Waals surface area (Å²) in [4.78, 5) is 4.91. The van der Waals surface area contributed by atoms with Crippen molar-refractivity contribution in [3.63, 3.8) is 0 Å². The Bertz CT molecular complexity index is 1510. The van der Waals surface area contributed by atoms with Crippen LogP contribution in [0.1, 0.15) is 51.3 Å². The number of furan rings is 1. The molecule has 0 spiro atoms. The summed E-state index contributed by atoms with van der Waals surface area (Å²) in [6.45, 7) is 11.5. The maximum absolute atomic E-state index is 6.54. The van der Waals surface area contributed by atoms with Gasteiger partial charge in [0.15, 0.2) is 0 Å². The molecule has 0 unspecified atom stereocenters. The molecule has 0 aliphatic heterocycles. The van der Waals surface area contributed by atoms with Gasteiger partial charge in [0, 0.05) is 22.6 Å². The molecule has 2 nitrogen and oxygen atoms in total. The molecule has 0 saturated carbocycles. The number of nitrogens with zero attached hydrogens (tertiary/aromatic N) is 1. The van der Waals surface area contributed by atoms with E-state index in [0.29, 0.717) is 0 Å². The molecule has 0 atom stereocenters. The van der Waals surface area contributed by atoms with Gasteiger partial charge in [-0.1, -0.05) is 71.0 Å². The van der Waals surface area contributed by atoms with Crippen molar-refractivity contribution in [2.75, 3.05) is 0 Å². The van der Waals surface area contributed by atoms with Gasteiger partial charge in [0.2, 0.25) is 0 Å². The fraction of sp³-hybridized carbons (Fsp3) is 0.276. The van der Waals surface area contributed by atoms with Crippen LogP contribution >= 0.6 is 0 Å². The van der Waals surface area contributed by atoms with Crippen LogP contribution in [0.3, 0.4) is 0 Å². The summed E-state index contributed by atoms with van der Waals surface area (Å²) in [6, 6.07) is 19.9. The molecular formula is C29H27NO. The number of aromatic nitrogens is 1. The molecule has 1 aliphatic rings. The molecule has 2 heterocycles. The zero-order valence-corrected chi connectivity index (χ0v) is 18.8. The Kier molecular flexibility index (Phi) is 3.59. The quantitative estimate of drug-likeness (QED) is 0.282. The highest BCUT2D eigenvalue weighted by Gasteiger charge is 2.35. The first kappa shape index (κ1) is 18.6. The minimum atomic E-state index is -0.171. The van der Waals surface area contributed by atoms with Gasteiger partial charge in [0.05, 0.1) is 11.1 Å². The first-order chi connectivity index (χ1) is 14.7. The minimum Gasteiger partial charge on any atom is -0.456 e. The maximum atomic E-state index is 6.54. The summed E-state index contributed by atoms with van der Waals surface area (Å²) in [5, 5.41) is 4.92. The fourth-order valence-electron chi connectivity index (χ4n) is 5.41. The monoisotopic (exact) mass is 405 g/mol. The van der Waals surface area contributed by atoms with E-state index in [1.165, 1.54) is 38.4 Å². The molecule has 5 aromatic rings. The van der Waals surface area contributed by atoms with Crippen LogP contribution in [0, 0.1) is 5.41 Å². The van der Waals surface area contributed by atoms with Crippen molar-refractivity contribution in [3.8, 4) is 11.3 Å². The van der Waals surface area contributed by atoms with E-state index in [2.05, 4.69) is 83.1 Å². The molecule has 2 aromatic heterocycles.